The van der Waals surface area contributed by atoms with Gasteiger partial charge in [-0.05, 0) is 37.5 Å². The first-order valence-electron chi connectivity index (χ1n) is 8.00. The van der Waals surface area contributed by atoms with Gasteiger partial charge in [-0.15, -0.1) is 24.0 Å². The molecule has 24 heavy (non-hydrogen) atoms. The van der Waals surface area contributed by atoms with Crippen molar-refractivity contribution < 1.29 is 8.42 Å². The van der Waals surface area contributed by atoms with Gasteiger partial charge < -0.3 is 10.6 Å². The Kier molecular flexibility index (Phi) is 6.95. The molecule has 1 aliphatic heterocycles. The monoisotopic (exact) mass is 527 g/mol. The normalized spacial score (nSPS) is 28.1. The van der Waals surface area contributed by atoms with Crippen molar-refractivity contribution in [3.8, 4) is 0 Å². The van der Waals surface area contributed by atoms with E-state index in [0.29, 0.717) is 24.9 Å². The molecule has 0 amide bonds. The lowest BCUT2D eigenvalue weighted by molar-refractivity contribution is 0.599. The second-order valence-corrected chi connectivity index (χ2v) is 9.36. The average molecular weight is 528 g/mol. The van der Waals surface area contributed by atoms with Gasteiger partial charge in [-0.1, -0.05) is 28.1 Å². The van der Waals surface area contributed by atoms with Crippen LogP contribution in [0.4, 0.5) is 0 Å². The van der Waals surface area contributed by atoms with Crippen LogP contribution < -0.4 is 10.6 Å². The quantitative estimate of drug-likeness (QED) is 0.359. The van der Waals surface area contributed by atoms with Crippen molar-refractivity contribution in [2.75, 3.05) is 18.1 Å². The van der Waals surface area contributed by atoms with Crippen molar-refractivity contribution in [3.05, 3.63) is 34.3 Å². The van der Waals surface area contributed by atoms with E-state index < -0.39 is 9.84 Å². The Bertz CT molecular complexity index is 694. The van der Waals surface area contributed by atoms with Crippen molar-refractivity contribution in [3.63, 3.8) is 0 Å². The minimum atomic E-state index is -2.88. The van der Waals surface area contributed by atoms with Crippen LogP contribution in [0, 0.1) is 0 Å². The lowest BCUT2D eigenvalue weighted by atomic mass is 10.1. The van der Waals surface area contributed by atoms with E-state index in [2.05, 4.69) is 55.8 Å². The maximum Gasteiger partial charge on any atom is 0.191 e. The van der Waals surface area contributed by atoms with Crippen LogP contribution in [0.5, 0.6) is 0 Å². The van der Waals surface area contributed by atoms with Crippen LogP contribution in [0.3, 0.4) is 0 Å². The highest BCUT2D eigenvalue weighted by atomic mass is 127. The highest BCUT2D eigenvalue weighted by Crippen LogP contribution is 2.41. The lowest BCUT2D eigenvalue weighted by Gasteiger charge is -2.16. The Morgan fingerprint density at radius 1 is 1.29 bits per heavy atom. The van der Waals surface area contributed by atoms with E-state index in [9.17, 15) is 8.42 Å². The number of aliphatic imine (C=N–C) groups is 1. The third kappa shape index (κ3) is 5.32. The van der Waals surface area contributed by atoms with E-state index in [-0.39, 0.29) is 41.5 Å². The Balaban J connectivity index is 0.00000208. The van der Waals surface area contributed by atoms with Gasteiger partial charge in [0.05, 0.1) is 11.5 Å². The number of nitrogens with zero attached hydrogens (tertiary/aromatic N) is 1. The van der Waals surface area contributed by atoms with Gasteiger partial charge in [0.1, 0.15) is 0 Å². The molecule has 8 heteroatoms. The zero-order valence-corrected chi connectivity index (χ0v) is 18.3. The van der Waals surface area contributed by atoms with Gasteiger partial charge in [0, 0.05) is 29.0 Å². The summed E-state index contributed by atoms with van der Waals surface area (Å²) in [7, 11) is -2.88. The molecule has 0 spiro atoms. The molecule has 2 N–H and O–H groups in total. The zero-order chi connectivity index (χ0) is 16.4. The van der Waals surface area contributed by atoms with Crippen LogP contribution in [-0.2, 0) is 9.84 Å². The number of sulfone groups is 1. The van der Waals surface area contributed by atoms with Gasteiger partial charge in [-0.25, -0.2) is 8.42 Å². The van der Waals surface area contributed by atoms with Gasteiger partial charge in [0.25, 0.3) is 0 Å². The van der Waals surface area contributed by atoms with Crippen LogP contribution in [0.15, 0.2) is 33.7 Å². The minimum Gasteiger partial charge on any atom is -0.353 e. The number of nitrogens with one attached hydrogen (secondary N) is 2. The number of halogens is 2. The van der Waals surface area contributed by atoms with Crippen LogP contribution in [0.2, 0.25) is 0 Å². The second kappa shape index (κ2) is 8.35. The second-order valence-electron chi connectivity index (χ2n) is 6.21. The Hall–Kier alpha value is -0.350. The molecule has 0 radical (unpaired) electrons. The van der Waals surface area contributed by atoms with E-state index in [4.69, 9.17) is 0 Å². The first-order chi connectivity index (χ1) is 11.0. The van der Waals surface area contributed by atoms with Crippen molar-refractivity contribution in [1.82, 2.24) is 10.6 Å². The lowest BCUT2D eigenvalue weighted by Crippen LogP contribution is -2.45. The van der Waals surface area contributed by atoms with E-state index in [0.717, 1.165) is 16.9 Å². The van der Waals surface area contributed by atoms with E-state index in [1.165, 1.54) is 5.56 Å². The molecule has 3 rings (SSSR count). The number of hydrogen-bond donors (Lipinski definition) is 2. The smallest absolute Gasteiger partial charge is 0.191 e. The summed E-state index contributed by atoms with van der Waals surface area (Å²) in [6.07, 6.45) is 1.74. The Labute approximate surface area is 169 Å². The van der Waals surface area contributed by atoms with E-state index in [1.54, 1.807) is 0 Å². The fourth-order valence-electron chi connectivity index (χ4n) is 3.00. The molecule has 1 saturated heterocycles. The molecule has 3 unspecified atom stereocenters. The molecule has 2 fully saturated rings. The predicted molar refractivity (Wildman–Crippen MR) is 112 cm³/mol. The minimum absolute atomic E-state index is 0. The Morgan fingerprint density at radius 3 is 2.58 bits per heavy atom. The SMILES string of the molecule is CCN=C(NC1CCS(=O)(=O)C1)NC1CC1c1ccc(Br)cc1.I. The fourth-order valence-corrected chi connectivity index (χ4v) is 4.94. The van der Waals surface area contributed by atoms with Crippen molar-refractivity contribution in [2.24, 2.45) is 4.99 Å². The third-order valence-corrected chi connectivity index (χ3v) is 6.60. The van der Waals surface area contributed by atoms with Crippen LogP contribution in [0.25, 0.3) is 0 Å². The molecule has 1 heterocycles. The maximum absolute atomic E-state index is 11.6. The first-order valence-corrected chi connectivity index (χ1v) is 10.6. The summed E-state index contributed by atoms with van der Waals surface area (Å²) < 4.78 is 24.2. The molecule has 2 aliphatic rings. The first kappa shape index (κ1) is 20.0. The highest BCUT2D eigenvalue weighted by Gasteiger charge is 2.39. The summed E-state index contributed by atoms with van der Waals surface area (Å²) in [6.45, 7) is 2.65. The van der Waals surface area contributed by atoms with E-state index >= 15 is 0 Å². The van der Waals surface area contributed by atoms with Crippen molar-refractivity contribution >= 4 is 55.7 Å². The molecule has 134 valence electrons. The van der Waals surface area contributed by atoms with Gasteiger partial charge in [0.15, 0.2) is 15.8 Å². The molecule has 3 atom stereocenters. The standard InChI is InChI=1S/C16H22BrN3O2S.HI/c1-2-18-16(19-13-7-8-23(21,22)10-13)20-15-9-14(15)11-3-5-12(17)6-4-11;/h3-6,13-15H,2,7-10H2,1H3,(H2,18,19,20);1H. The molecule has 1 aromatic carbocycles. The van der Waals surface area contributed by atoms with Gasteiger partial charge in [0.2, 0.25) is 0 Å². The summed E-state index contributed by atoms with van der Waals surface area (Å²) in [4.78, 5) is 4.45. The average Bonchev–Trinajstić information content (AvgIpc) is 3.16. The molecular weight excluding hydrogens is 505 g/mol. The van der Waals surface area contributed by atoms with Crippen molar-refractivity contribution in [1.29, 1.82) is 0 Å². The molecular formula is C16H23BrIN3O2S. The summed E-state index contributed by atoms with van der Waals surface area (Å²) in [6, 6.07) is 8.75. The largest absolute Gasteiger partial charge is 0.353 e. The summed E-state index contributed by atoms with van der Waals surface area (Å²) in [5.74, 6) is 1.71. The molecule has 1 aromatic rings. The molecule has 1 saturated carbocycles. The number of rotatable bonds is 4. The third-order valence-electron chi connectivity index (χ3n) is 4.30. The predicted octanol–water partition coefficient (Wildman–Crippen LogP) is 2.67. The summed E-state index contributed by atoms with van der Waals surface area (Å²) in [5, 5.41) is 6.72. The van der Waals surface area contributed by atoms with Crippen molar-refractivity contribution in [2.45, 2.75) is 37.8 Å². The molecule has 0 aromatic heterocycles. The van der Waals surface area contributed by atoms with Crippen LogP contribution in [0.1, 0.15) is 31.2 Å². The molecule has 5 nitrogen and oxygen atoms in total. The van der Waals surface area contributed by atoms with Crippen LogP contribution in [-0.4, -0.2) is 44.5 Å². The van der Waals surface area contributed by atoms with E-state index in [1.807, 2.05) is 6.92 Å². The number of guanidine groups is 1. The highest BCUT2D eigenvalue weighted by molar-refractivity contribution is 14.0. The zero-order valence-electron chi connectivity index (χ0n) is 13.5. The topological polar surface area (TPSA) is 70.6 Å². The molecule has 0 bridgehead atoms. The van der Waals surface area contributed by atoms with Gasteiger partial charge in [-0.3, -0.25) is 4.99 Å². The van der Waals surface area contributed by atoms with Gasteiger partial charge >= 0.3 is 0 Å². The van der Waals surface area contributed by atoms with Crippen LogP contribution >= 0.6 is 39.9 Å². The summed E-state index contributed by atoms with van der Waals surface area (Å²) in [5.41, 5.74) is 1.32. The summed E-state index contributed by atoms with van der Waals surface area (Å²) >= 11 is 3.46. The molecule has 1 aliphatic carbocycles. The number of benzene rings is 1. The van der Waals surface area contributed by atoms with Gasteiger partial charge in [-0.2, -0.15) is 0 Å². The number of hydrogen-bond acceptors (Lipinski definition) is 3. The fraction of sp³-hybridized carbons (Fsp3) is 0.562. The Morgan fingerprint density at radius 2 is 2.00 bits per heavy atom. The maximum atomic E-state index is 11.6.